The lowest BCUT2D eigenvalue weighted by Gasteiger charge is -2.15. The first-order valence-corrected chi connectivity index (χ1v) is 9.83. The maximum atomic E-state index is 5.47. The number of guanidine groups is 1. The van der Waals surface area contributed by atoms with E-state index in [2.05, 4.69) is 34.7 Å². The second-order valence-corrected chi connectivity index (χ2v) is 6.85. The third kappa shape index (κ3) is 5.90. The zero-order valence-corrected chi connectivity index (χ0v) is 20.9. The highest BCUT2D eigenvalue weighted by Crippen LogP contribution is 2.24. The predicted molar refractivity (Wildman–Crippen MR) is 135 cm³/mol. The summed E-state index contributed by atoms with van der Waals surface area (Å²) in [6.45, 7) is 5.32. The minimum atomic E-state index is 0. The number of aryl methyl sites for hydroxylation is 1. The lowest BCUT2D eigenvalue weighted by atomic mass is 10.2. The standard InChI is InChI=1S/C23H29N5O2.HI/c1-16-21(17(2)28(27-16)19-9-7-6-8-10-19)15-26-23(24-3)25-14-18-11-12-20(29-4)13-22(18)30-5;/h6-13H,14-15H2,1-5H3,(H2,24,25,26);1H. The number of hydrogen-bond donors (Lipinski definition) is 2. The van der Waals surface area contributed by atoms with Crippen LogP contribution in [0.5, 0.6) is 11.5 Å². The van der Waals surface area contributed by atoms with Gasteiger partial charge in [0.1, 0.15) is 11.5 Å². The average molecular weight is 535 g/mol. The molecule has 0 amide bonds. The Balaban J connectivity index is 0.00000341. The minimum absolute atomic E-state index is 0. The molecule has 0 saturated carbocycles. The van der Waals surface area contributed by atoms with E-state index in [1.807, 2.05) is 48.0 Å². The number of benzene rings is 2. The van der Waals surface area contributed by atoms with Gasteiger partial charge in [-0.05, 0) is 38.1 Å². The van der Waals surface area contributed by atoms with E-state index in [9.17, 15) is 0 Å². The minimum Gasteiger partial charge on any atom is -0.497 e. The SMILES string of the molecule is CN=C(NCc1ccc(OC)cc1OC)NCc1c(C)nn(-c2ccccc2)c1C.I. The molecule has 1 aromatic heterocycles. The van der Waals surface area contributed by atoms with Crippen LogP contribution in [-0.2, 0) is 13.1 Å². The fourth-order valence-corrected chi connectivity index (χ4v) is 3.32. The zero-order valence-electron chi connectivity index (χ0n) is 18.6. The third-order valence-electron chi connectivity index (χ3n) is 5.04. The largest absolute Gasteiger partial charge is 0.497 e. The van der Waals surface area contributed by atoms with Gasteiger partial charge in [-0.1, -0.05) is 18.2 Å². The lowest BCUT2D eigenvalue weighted by Crippen LogP contribution is -2.36. The summed E-state index contributed by atoms with van der Waals surface area (Å²) in [5.74, 6) is 2.24. The fraction of sp³-hybridized carbons (Fsp3) is 0.304. The second kappa shape index (κ2) is 11.6. The summed E-state index contributed by atoms with van der Waals surface area (Å²) in [6.07, 6.45) is 0. The summed E-state index contributed by atoms with van der Waals surface area (Å²) in [5.41, 5.74) is 5.34. The lowest BCUT2D eigenvalue weighted by molar-refractivity contribution is 0.390. The molecule has 166 valence electrons. The molecule has 8 heteroatoms. The van der Waals surface area contributed by atoms with Crippen LogP contribution in [0.15, 0.2) is 53.5 Å². The molecule has 0 unspecified atom stereocenters. The summed E-state index contributed by atoms with van der Waals surface area (Å²) in [6, 6.07) is 15.9. The molecule has 0 bridgehead atoms. The van der Waals surface area contributed by atoms with Crippen molar-refractivity contribution >= 4 is 29.9 Å². The summed E-state index contributed by atoms with van der Waals surface area (Å²) < 4.78 is 12.7. The Bertz CT molecular complexity index is 1020. The van der Waals surface area contributed by atoms with Gasteiger partial charge in [-0.2, -0.15) is 5.10 Å². The number of para-hydroxylation sites is 1. The van der Waals surface area contributed by atoms with Gasteiger partial charge < -0.3 is 20.1 Å². The molecule has 0 atom stereocenters. The van der Waals surface area contributed by atoms with Crippen molar-refractivity contribution in [3.63, 3.8) is 0 Å². The monoisotopic (exact) mass is 535 g/mol. The fourth-order valence-electron chi connectivity index (χ4n) is 3.32. The van der Waals surface area contributed by atoms with Gasteiger partial charge in [-0.3, -0.25) is 4.99 Å². The van der Waals surface area contributed by atoms with Crippen molar-refractivity contribution in [2.45, 2.75) is 26.9 Å². The van der Waals surface area contributed by atoms with Crippen molar-refractivity contribution in [1.82, 2.24) is 20.4 Å². The molecule has 2 aromatic carbocycles. The van der Waals surface area contributed by atoms with Gasteiger partial charge in [0.15, 0.2) is 5.96 Å². The van der Waals surface area contributed by atoms with Gasteiger partial charge >= 0.3 is 0 Å². The highest BCUT2D eigenvalue weighted by atomic mass is 127. The Labute approximate surface area is 200 Å². The smallest absolute Gasteiger partial charge is 0.191 e. The van der Waals surface area contributed by atoms with E-state index in [0.29, 0.717) is 19.0 Å². The zero-order chi connectivity index (χ0) is 21.5. The number of nitrogens with one attached hydrogen (secondary N) is 2. The predicted octanol–water partition coefficient (Wildman–Crippen LogP) is 3.99. The van der Waals surface area contributed by atoms with Crippen molar-refractivity contribution in [2.75, 3.05) is 21.3 Å². The van der Waals surface area contributed by atoms with E-state index < -0.39 is 0 Å². The molecule has 0 fully saturated rings. The molecule has 3 aromatic rings. The number of rotatable bonds is 7. The van der Waals surface area contributed by atoms with Gasteiger partial charge in [0.05, 0.1) is 25.6 Å². The van der Waals surface area contributed by atoms with Crippen LogP contribution in [0.2, 0.25) is 0 Å². The first-order valence-electron chi connectivity index (χ1n) is 9.83. The highest BCUT2D eigenvalue weighted by Gasteiger charge is 2.13. The number of nitrogens with zero attached hydrogens (tertiary/aromatic N) is 3. The second-order valence-electron chi connectivity index (χ2n) is 6.85. The summed E-state index contributed by atoms with van der Waals surface area (Å²) in [7, 11) is 5.05. The molecule has 3 rings (SSSR count). The highest BCUT2D eigenvalue weighted by molar-refractivity contribution is 14.0. The van der Waals surface area contributed by atoms with Crippen LogP contribution in [0.25, 0.3) is 5.69 Å². The van der Waals surface area contributed by atoms with E-state index in [1.165, 1.54) is 0 Å². The molecule has 0 radical (unpaired) electrons. The number of aliphatic imine (C=N–C) groups is 1. The molecule has 0 aliphatic heterocycles. The van der Waals surface area contributed by atoms with Crippen molar-refractivity contribution in [3.05, 3.63) is 71.0 Å². The van der Waals surface area contributed by atoms with Crippen molar-refractivity contribution in [2.24, 2.45) is 4.99 Å². The Morgan fingerprint density at radius 2 is 1.71 bits per heavy atom. The number of hydrogen-bond acceptors (Lipinski definition) is 4. The van der Waals surface area contributed by atoms with Crippen LogP contribution in [0, 0.1) is 13.8 Å². The normalized spacial score (nSPS) is 10.9. The molecule has 1 heterocycles. The Morgan fingerprint density at radius 3 is 2.35 bits per heavy atom. The maximum absolute atomic E-state index is 5.47. The molecule has 0 saturated heterocycles. The van der Waals surface area contributed by atoms with Crippen molar-refractivity contribution < 1.29 is 9.47 Å². The van der Waals surface area contributed by atoms with E-state index in [1.54, 1.807) is 21.3 Å². The van der Waals surface area contributed by atoms with Crippen LogP contribution < -0.4 is 20.1 Å². The van der Waals surface area contributed by atoms with E-state index in [0.717, 1.165) is 39.7 Å². The molecule has 2 N–H and O–H groups in total. The molecule has 0 aliphatic carbocycles. The van der Waals surface area contributed by atoms with Crippen LogP contribution in [0.1, 0.15) is 22.5 Å². The number of ether oxygens (including phenoxy) is 2. The van der Waals surface area contributed by atoms with Crippen LogP contribution in [0.3, 0.4) is 0 Å². The number of methoxy groups -OCH3 is 2. The van der Waals surface area contributed by atoms with Crippen molar-refractivity contribution in [1.29, 1.82) is 0 Å². The summed E-state index contributed by atoms with van der Waals surface area (Å²) >= 11 is 0. The summed E-state index contributed by atoms with van der Waals surface area (Å²) in [5, 5.41) is 11.4. The van der Waals surface area contributed by atoms with E-state index in [4.69, 9.17) is 14.6 Å². The first-order chi connectivity index (χ1) is 14.6. The van der Waals surface area contributed by atoms with Crippen molar-refractivity contribution in [3.8, 4) is 17.2 Å². The number of halogens is 1. The average Bonchev–Trinajstić information content (AvgIpc) is 3.07. The van der Waals surface area contributed by atoms with Gasteiger partial charge in [-0.25, -0.2) is 4.68 Å². The molecule has 0 spiro atoms. The number of aromatic nitrogens is 2. The quantitative estimate of drug-likeness (QED) is 0.272. The van der Waals surface area contributed by atoms with Crippen LogP contribution in [-0.4, -0.2) is 37.0 Å². The van der Waals surface area contributed by atoms with Gasteiger partial charge in [0.2, 0.25) is 0 Å². The molecular formula is C23H30IN5O2. The van der Waals surface area contributed by atoms with E-state index >= 15 is 0 Å². The Morgan fingerprint density at radius 1 is 1.00 bits per heavy atom. The molecule has 7 nitrogen and oxygen atoms in total. The summed E-state index contributed by atoms with van der Waals surface area (Å²) in [4.78, 5) is 4.33. The van der Waals surface area contributed by atoms with Gasteiger partial charge in [0.25, 0.3) is 0 Å². The van der Waals surface area contributed by atoms with Gasteiger partial charge in [0, 0.05) is 43.0 Å². The van der Waals surface area contributed by atoms with Crippen LogP contribution in [0.4, 0.5) is 0 Å². The van der Waals surface area contributed by atoms with E-state index in [-0.39, 0.29) is 24.0 Å². The topological polar surface area (TPSA) is 72.7 Å². The maximum Gasteiger partial charge on any atom is 0.191 e. The van der Waals surface area contributed by atoms with Crippen LogP contribution >= 0.6 is 24.0 Å². The Kier molecular flexibility index (Phi) is 9.17. The van der Waals surface area contributed by atoms with Gasteiger partial charge in [-0.15, -0.1) is 24.0 Å². The molecule has 31 heavy (non-hydrogen) atoms. The molecular weight excluding hydrogens is 505 g/mol. The molecule has 0 aliphatic rings. The first kappa shape index (κ1) is 24.5. The Hall–Kier alpha value is -2.75. The third-order valence-corrected chi connectivity index (χ3v) is 5.04.